The molecule has 0 aliphatic carbocycles. The summed E-state index contributed by atoms with van der Waals surface area (Å²) in [5, 5.41) is 13.5. The monoisotopic (exact) mass is 435 g/mol. The van der Waals surface area contributed by atoms with E-state index in [4.69, 9.17) is 4.74 Å². The van der Waals surface area contributed by atoms with Gasteiger partial charge in [0.2, 0.25) is 11.9 Å². The summed E-state index contributed by atoms with van der Waals surface area (Å²) in [5.41, 5.74) is 2.84. The molecule has 1 fully saturated rings. The fourth-order valence-corrected chi connectivity index (χ4v) is 3.80. The molecule has 0 spiro atoms. The lowest BCUT2D eigenvalue weighted by molar-refractivity contribution is -0.121. The molecule has 0 bridgehead atoms. The summed E-state index contributed by atoms with van der Waals surface area (Å²) in [6, 6.07) is 11.6. The lowest BCUT2D eigenvalue weighted by Crippen LogP contribution is -2.45. The van der Waals surface area contributed by atoms with E-state index in [-0.39, 0.29) is 11.9 Å². The van der Waals surface area contributed by atoms with Gasteiger partial charge in [-0.2, -0.15) is 10.1 Å². The molecule has 1 amide bonds. The highest BCUT2D eigenvalue weighted by molar-refractivity contribution is 5.79. The van der Waals surface area contributed by atoms with E-state index in [0.717, 1.165) is 54.4 Å². The van der Waals surface area contributed by atoms with E-state index < -0.39 is 0 Å². The van der Waals surface area contributed by atoms with Crippen LogP contribution in [0, 0.1) is 13.8 Å². The Labute approximate surface area is 187 Å². The molecular weight excluding hydrogens is 406 g/mol. The number of rotatable bonds is 7. The number of carbonyl (C=O) groups excluding carboxylic acids is 1. The number of nitrogens with zero attached hydrogens (tertiary/aromatic N) is 4. The summed E-state index contributed by atoms with van der Waals surface area (Å²) in [6.45, 7) is 5.49. The average molecular weight is 436 g/mol. The van der Waals surface area contributed by atoms with Crippen LogP contribution in [0.25, 0.3) is 0 Å². The predicted octanol–water partition coefficient (Wildman–Crippen LogP) is 2.90. The Morgan fingerprint density at radius 2 is 1.88 bits per heavy atom. The first kappa shape index (κ1) is 21.6. The number of aromatic amines is 1. The van der Waals surface area contributed by atoms with Crippen LogP contribution >= 0.6 is 0 Å². The highest BCUT2D eigenvalue weighted by atomic mass is 16.5. The molecule has 3 heterocycles. The van der Waals surface area contributed by atoms with Crippen LogP contribution in [0.2, 0.25) is 0 Å². The molecular formula is C23H29N7O2. The number of aryl methyl sites for hydroxylation is 2. The normalized spacial score (nSPS) is 14.3. The summed E-state index contributed by atoms with van der Waals surface area (Å²) in [4.78, 5) is 23.9. The topological polar surface area (TPSA) is 108 Å². The van der Waals surface area contributed by atoms with Gasteiger partial charge in [0.1, 0.15) is 11.6 Å². The van der Waals surface area contributed by atoms with Crippen molar-refractivity contribution < 1.29 is 9.53 Å². The van der Waals surface area contributed by atoms with Crippen LogP contribution in [-0.4, -0.2) is 52.3 Å². The number of ether oxygens (including phenoxy) is 1. The van der Waals surface area contributed by atoms with Crippen molar-refractivity contribution in [2.75, 3.05) is 30.4 Å². The number of anilines is 3. The van der Waals surface area contributed by atoms with Crippen LogP contribution in [0.3, 0.4) is 0 Å². The fourth-order valence-electron chi connectivity index (χ4n) is 3.80. The highest BCUT2D eigenvalue weighted by Crippen LogP contribution is 2.21. The van der Waals surface area contributed by atoms with Crippen LogP contribution < -0.4 is 20.3 Å². The van der Waals surface area contributed by atoms with E-state index >= 15 is 0 Å². The zero-order chi connectivity index (χ0) is 22.5. The molecule has 0 atom stereocenters. The third-order valence-corrected chi connectivity index (χ3v) is 5.47. The standard InChI is InChI=1S/C23H29N7O2/c1-15-12-20(26-21-13-16(2)28-29-21)27-23(24-15)30-10-8-18(9-11-30)25-22(31)14-17-4-6-19(32-3)7-5-17/h4-7,12-13,18H,8-11,14H2,1-3H3,(H,25,31)(H2,24,26,27,28,29). The van der Waals surface area contributed by atoms with Crippen molar-refractivity contribution in [3.05, 3.63) is 53.3 Å². The number of H-pyrrole nitrogens is 1. The van der Waals surface area contributed by atoms with Gasteiger partial charge in [0, 0.05) is 42.7 Å². The molecule has 3 aromatic rings. The van der Waals surface area contributed by atoms with Gasteiger partial charge in [-0.3, -0.25) is 9.89 Å². The van der Waals surface area contributed by atoms with Crippen molar-refractivity contribution in [2.24, 2.45) is 0 Å². The van der Waals surface area contributed by atoms with Gasteiger partial charge in [-0.25, -0.2) is 4.98 Å². The van der Waals surface area contributed by atoms with Crippen LogP contribution in [-0.2, 0) is 11.2 Å². The molecule has 0 saturated carbocycles. The first-order chi connectivity index (χ1) is 15.5. The number of methoxy groups -OCH3 is 1. The van der Waals surface area contributed by atoms with Crippen LogP contribution in [0.5, 0.6) is 5.75 Å². The maximum atomic E-state index is 12.5. The minimum absolute atomic E-state index is 0.0428. The number of benzene rings is 1. The lowest BCUT2D eigenvalue weighted by atomic mass is 10.0. The van der Waals surface area contributed by atoms with E-state index in [2.05, 4.69) is 35.7 Å². The smallest absolute Gasteiger partial charge is 0.227 e. The largest absolute Gasteiger partial charge is 0.497 e. The van der Waals surface area contributed by atoms with Gasteiger partial charge in [-0.1, -0.05) is 12.1 Å². The molecule has 9 heteroatoms. The minimum Gasteiger partial charge on any atom is -0.497 e. The van der Waals surface area contributed by atoms with Crippen molar-refractivity contribution in [3.8, 4) is 5.75 Å². The van der Waals surface area contributed by atoms with E-state index in [1.54, 1.807) is 7.11 Å². The van der Waals surface area contributed by atoms with Crippen LogP contribution in [0.1, 0.15) is 29.8 Å². The van der Waals surface area contributed by atoms with Crippen LogP contribution in [0.15, 0.2) is 36.4 Å². The van der Waals surface area contributed by atoms with Gasteiger partial charge >= 0.3 is 0 Å². The van der Waals surface area contributed by atoms with E-state index in [0.29, 0.717) is 18.2 Å². The maximum absolute atomic E-state index is 12.5. The van der Waals surface area contributed by atoms with Crippen molar-refractivity contribution in [3.63, 3.8) is 0 Å². The van der Waals surface area contributed by atoms with E-state index in [1.165, 1.54) is 0 Å². The van der Waals surface area contributed by atoms with E-state index in [9.17, 15) is 4.79 Å². The molecule has 32 heavy (non-hydrogen) atoms. The second kappa shape index (κ2) is 9.67. The van der Waals surface area contributed by atoms with Gasteiger partial charge in [-0.15, -0.1) is 0 Å². The molecule has 4 rings (SSSR count). The van der Waals surface area contributed by atoms with Crippen LogP contribution in [0.4, 0.5) is 17.6 Å². The Bertz CT molecular complexity index is 1060. The first-order valence-corrected chi connectivity index (χ1v) is 10.8. The number of hydrogen-bond acceptors (Lipinski definition) is 7. The maximum Gasteiger partial charge on any atom is 0.227 e. The number of carbonyl (C=O) groups is 1. The quantitative estimate of drug-likeness (QED) is 0.524. The molecule has 1 aliphatic rings. The lowest BCUT2D eigenvalue weighted by Gasteiger charge is -2.32. The summed E-state index contributed by atoms with van der Waals surface area (Å²) >= 11 is 0. The fraction of sp³-hybridized carbons (Fsp3) is 0.391. The molecule has 1 saturated heterocycles. The highest BCUT2D eigenvalue weighted by Gasteiger charge is 2.23. The summed E-state index contributed by atoms with van der Waals surface area (Å²) in [6.07, 6.45) is 2.08. The van der Waals surface area contributed by atoms with Crippen molar-refractivity contribution >= 4 is 23.5 Å². The second-order valence-corrected chi connectivity index (χ2v) is 8.11. The average Bonchev–Trinajstić information content (AvgIpc) is 3.18. The zero-order valence-electron chi connectivity index (χ0n) is 18.7. The van der Waals surface area contributed by atoms with Crippen molar-refractivity contribution in [1.29, 1.82) is 0 Å². The Balaban J connectivity index is 1.30. The molecule has 168 valence electrons. The number of hydrogen-bond donors (Lipinski definition) is 3. The molecule has 0 radical (unpaired) electrons. The molecule has 1 aromatic carbocycles. The summed E-state index contributed by atoms with van der Waals surface area (Å²) < 4.78 is 5.16. The van der Waals surface area contributed by atoms with Gasteiger partial charge in [0.15, 0.2) is 5.82 Å². The second-order valence-electron chi connectivity index (χ2n) is 8.11. The van der Waals surface area contributed by atoms with Gasteiger partial charge < -0.3 is 20.3 Å². The summed E-state index contributed by atoms with van der Waals surface area (Å²) in [7, 11) is 1.63. The number of nitrogens with one attached hydrogen (secondary N) is 3. The molecule has 3 N–H and O–H groups in total. The van der Waals surface area contributed by atoms with Gasteiger partial charge in [0.25, 0.3) is 0 Å². The summed E-state index contributed by atoms with van der Waals surface area (Å²) in [5.74, 6) is 2.97. The minimum atomic E-state index is 0.0428. The predicted molar refractivity (Wildman–Crippen MR) is 123 cm³/mol. The Hall–Kier alpha value is -3.62. The Morgan fingerprint density at radius 1 is 1.12 bits per heavy atom. The Morgan fingerprint density at radius 3 is 2.53 bits per heavy atom. The van der Waals surface area contributed by atoms with Crippen molar-refractivity contribution in [2.45, 2.75) is 39.2 Å². The van der Waals surface area contributed by atoms with Gasteiger partial charge in [0.05, 0.1) is 13.5 Å². The number of piperidine rings is 1. The molecule has 0 unspecified atom stereocenters. The number of aromatic nitrogens is 4. The number of amides is 1. The van der Waals surface area contributed by atoms with Crippen molar-refractivity contribution in [1.82, 2.24) is 25.5 Å². The molecule has 1 aliphatic heterocycles. The zero-order valence-corrected chi connectivity index (χ0v) is 18.7. The third kappa shape index (κ3) is 5.54. The van der Waals surface area contributed by atoms with Gasteiger partial charge in [-0.05, 0) is 44.4 Å². The Kier molecular flexibility index (Phi) is 6.53. The first-order valence-electron chi connectivity index (χ1n) is 10.8. The molecule has 9 nitrogen and oxygen atoms in total. The van der Waals surface area contributed by atoms with E-state index in [1.807, 2.05) is 50.2 Å². The third-order valence-electron chi connectivity index (χ3n) is 5.47. The molecule has 2 aromatic heterocycles. The SMILES string of the molecule is COc1ccc(CC(=O)NC2CCN(c3nc(C)cc(Nc4cc(C)[nH]n4)n3)CC2)cc1.